The van der Waals surface area contributed by atoms with Gasteiger partial charge in [-0.3, -0.25) is 0 Å². The van der Waals surface area contributed by atoms with Crippen LogP contribution in [0.5, 0.6) is 0 Å². The first-order chi connectivity index (χ1) is 26.4. The third-order valence-corrected chi connectivity index (χ3v) is 10.0. The van der Waals surface area contributed by atoms with Crippen LogP contribution in [0.3, 0.4) is 0 Å². The van der Waals surface area contributed by atoms with Crippen molar-refractivity contribution >= 4 is 43.6 Å². The van der Waals surface area contributed by atoms with E-state index in [4.69, 9.17) is 15.0 Å². The zero-order chi connectivity index (χ0) is 36.4. The highest BCUT2D eigenvalue weighted by molar-refractivity contribution is 6.27. The molecular formula is C46H28F3N5. The molecule has 0 atom stereocenters. The van der Waals surface area contributed by atoms with Crippen LogP contribution in [0.1, 0.15) is 5.56 Å². The maximum absolute atomic E-state index is 15.6. The van der Waals surface area contributed by atoms with Crippen molar-refractivity contribution in [2.45, 2.75) is 6.18 Å². The monoisotopic (exact) mass is 707 g/mol. The standard InChI is InChI=1S/C46H28F3N5/c47-46(48,49)36-24-14-23-33(45-52-43(29-17-6-2-7-18-29)51-44(53-45)30-19-8-3-9-20-30)41(36)54-38-26-13-11-22-32(38)39-34(28-15-4-1-5-16-28)27-35-31-21-10-12-25-37(31)50-40(35)42(39)54/h1-27,50H. The Balaban J connectivity index is 1.39. The quantitative estimate of drug-likeness (QED) is 0.194. The number of aromatic amines is 1. The largest absolute Gasteiger partial charge is 0.418 e. The van der Waals surface area contributed by atoms with Crippen LogP contribution in [0, 0.1) is 0 Å². The topological polar surface area (TPSA) is 59.4 Å². The Labute approximate surface area is 307 Å². The first-order valence-electron chi connectivity index (χ1n) is 17.5. The number of aromatic nitrogens is 5. The molecule has 1 N–H and O–H groups in total. The van der Waals surface area contributed by atoms with Crippen LogP contribution in [0.4, 0.5) is 13.2 Å². The number of benzene rings is 7. The van der Waals surface area contributed by atoms with E-state index in [1.165, 1.54) is 6.07 Å². The van der Waals surface area contributed by atoms with Crippen LogP contribution in [0.2, 0.25) is 0 Å². The highest BCUT2D eigenvalue weighted by Crippen LogP contribution is 2.48. The highest BCUT2D eigenvalue weighted by atomic mass is 19.4. The van der Waals surface area contributed by atoms with E-state index in [1.807, 2.05) is 140 Å². The van der Waals surface area contributed by atoms with E-state index < -0.39 is 11.7 Å². The van der Waals surface area contributed by atoms with Crippen LogP contribution >= 0.6 is 0 Å². The minimum absolute atomic E-state index is 0.0643. The van der Waals surface area contributed by atoms with Crippen molar-refractivity contribution < 1.29 is 13.2 Å². The SMILES string of the molecule is FC(F)(F)c1cccc(-c2nc(-c3ccccc3)nc(-c3ccccc3)n2)c1-n1c2ccccc2c2c(-c3ccccc3)cc3c4ccccc4[nH]c3c21. The summed E-state index contributed by atoms with van der Waals surface area (Å²) in [5, 5.41) is 3.54. The van der Waals surface area contributed by atoms with E-state index in [-0.39, 0.29) is 17.1 Å². The zero-order valence-corrected chi connectivity index (χ0v) is 28.5. The number of hydrogen-bond donors (Lipinski definition) is 1. The summed E-state index contributed by atoms with van der Waals surface area (Å²) in [6.07, 6.45) is -4.73. The van der Waals surface area contributed by atoms with Crippen molar-refractivity contribution in [3.05, 3.63) is 169 Å². The van der Waals surface area contributed by atoms with Gasteiger partial charge in [0.2, 0.25) is 0 Å². The number of fused-ring (bicyclic) bond motifs is 7. The Kier molecular flexibility index (Phi) is 7.20. The number of nitrogens with one attached hydrogen (secondary N) is 1. The summed E-state index contributed by atoms with van der Waals surface area (Å²) in [4.78, 5) is 18.2. The van der Waals surface area contributed by atoms with Gasteiger partial charge < -0.3 is 9.55 Å². The summed E-state index contributed by atoms with van der Waals surface area (Å²) in [7, 11) is 0. The molecule has 0 aliphatic carbocycles. The second-order valence-electron chi connectivity index (χ2n) is 13.2. The molecule has 10 aromatic rings. The van der Waals surface area contributed by atoms with Gasteiger partial charge in [0.05, 0.1) is 27.8 Å². The molecule has 0 saturated heterocycles. The molecule has 8 heteroatoms. The maximum Gasteiger partial charge on any atom is 0.418 e. The van der Waals surface area contributed by atoms with E-state index in [2.05, 4.69) is 11.1 Å². The molecule has 5 nitrogen and oxygen atoms in total. The molecule has 0 amide bonds. The number of halogens is 3. The Hall–Kier alpha value is -7.06. The minimum Gasteiger partial charge on any atom is -0.353 e. The third kappa shape index (κ3) is 5.06. The van der Waals surface area contributed by atoms with Gasteiger partial charge in [0.15, 0.2) is 17.5 Å². The lowest BCUT2D eigenvalue weighted by Gasteiger charge is -2.20. The van der Waals surface area contributed by atoms with Crippen molar-refractivity contribution in [2.75, 3.05) is 0 Å². The molecule has 0 aliphatic rings. The predicted octanol–water partition coefficient (Wildman–Crippen LogP) is 12.3. The molecule has 3 aromatic heterocycles. The van der Waals surface area contributed by atoms with Crippen LogP contribution in [-0.2, 0) is 6.18 Å². The van der Waals surface area contributed by atoms with Gasteiger partial charge >= 0.3 is 6.18 Å². The molecule has 0 bridgehead atoms. The number of nitrogens with zero attached hydrogens (tertiary/aromatic N) is 4. The number of alkyl halides is 3. The molecule has 258 valence electrons. The summed E-state index contributed by atoms with van der Waals surface area (Å²) < 4.78 is 48.5. The summed E-state index contributed by atoms with van der Waals surface area (Å²) in [6, 6.07) is 50.8. The van der Waals surface area contributed by atoms with Crippen LogP contribution in [-0.4, -0.2) is 24.5 Å². The summed E-state index contributed by atoms with van der Waals surface area (Å²) in [5.74, 6) is 0.839. The number of para-hydroxylation sites is 3. The van der Waals surface area contributed by atoms with Gasteiger partial charge in [0.1, 0.15) is 0 Å². The molecule has 0 unspecified atom stereocenters. The average Bonchev–Trinajstić information content (AvgIpc) is 3.77. The predicted molar refractivity (Wildman–Crippen MR) is 210 cm³/mol. The highest BCUT2D eigenvalue weighted by Gasteiger charge is 2.37. The van der Waals surface area contributed by atoms with Crippen LogP contribution < -0.4 is 0 Å². The van der Waals surface area contributed by atoms with Gasteiger partial charge in [0, 0.05) is 43.8 Å². The fourth-order valence-corrected chi connectivity index (χ4v) is 7.67. The average molecular weight is 708 g/mol. The van der Waals surface area contributed by atoms with Crippen molar-refractivity contribution in [3.8, 4) is 51.0 Å². The second-order valence-corrected chi connectivity index (χ2v) is 13.2. The van der Waals surface area contributed by atoms with Gasteiger partial charge in [0.25, 0.3) is 0 Å². The molecule has 10 rings (SSSR count). The van der Waals surface area contributed by atoms with Crippen LogP contribution in [0.25, 0.3) is 94.6 Å². The molecule has 0 radical (unpaired) electrons. The van der Waals surface area contributed by atoms with E-state index in [9.17, 15) is 0 Å². The Morgan fingerprint density at radius 3 is 1.69 bits per heavy atom. The third-order valence-electron chi connectivity index (χ3n) is 10.0. The first kappa shape index (κ1) is 31.7. The second kappa shape index (κ2) is 12.3. The molecule has 54 heavy (non-hydrogen) atoms. The van der Waals surface area contributed by atoms with Crippen molar-refractivity contribution in [2.24, 2.45) is 0 Å². The molecule has 3 heterocycles. The Bertz CT molecular complexity index is 2960. The lowest BCUT2D eigenvalue weighted by Crippen LogP contribution is -2.13. The van der Waals surface area contributed by atoms with Gasteiger partial charge in [-0.15, -0.1) is 0 Å². The number of hydrogen-bond acceptors (Lipinski definition) is 3. The summed E-state index contributed by atoms with van der Waals surface area (Å²) in [5.41, 5.74) is 5.53. The molecule has 0 fully saturated rings. The lowest BCUT2D eigenvalue weighted by molar-refractivity contribution is -0.137. The number of rotatable bonds is 5. The molecule has 0 aliphatic heterocycles. The normalized spacial score (nSPS) is 12.0. The Morgan fingerprint density at radius 1 is 0.481 bits per heavy atom. The zero-order valence-electron chi connectivity index (χ0n) is 28.5. The van der Waals surface area contributed by atoms with Crippen molar-refractivity contribution in [1.82, 2.24) is 24.5 Å². The van der Waals surface area contributed by atoms with Gasteiger partial charge in [-0.05, 0) is 41.5 Å². The lowest BCUT2D eigenvalue weighted by atomic mass is 9.96. The minimum atomic E-state index is -4.73. The molecule has 0 spiro atoms. The van der Waals surface area contributed by atoms with E-state index >= 15 is 13.2 Å². The fourth-order valence-electron chi connectivity index (χ4n) is 7.67. The summed E-state index contributed by atoms with van der Waals surface area (Å²) in [6.45, 7) is 0. The Morgan fingerprint density at radius 2 is 1.04 bits per heavy atom. The molecule has 7 aromatic carbocycles. The smallest absolute Gasteiger partial charge is 0.353 e. The van der Waals surface area contributed by atoms with E-state index in [1.54, 1.807) is 10.6 Å². The summed E-state index contributed by atoms with van der Waals surface area (Å²) >= 11 is 0. The fraction of sp³-hybridized carbons (Fsp3) is 0.0217. The van der Waals surface area contributed by atoms with E-state index in [0.717, 1.165) is 60.9 Å². The van der Waals surface area contributed by atoms with Crippen LogP contribution in [0.15, 0.2) is 164 Å². The molecule has 0 saturated carbocycles. The first-order valence-corrected chi connectivity index (χ1v) is 17.5. The van der Waals surface area contributed by atoms with Gasteiger partial charge in [-0.2, -0.15) is 13.2 Å². The van der Waals surface area contributed by atoms with Crippen molar-refractivity contribution in [3.63, 3.8) is 0 Å². The van der Waals surface area contributed by atoms with E-state index in [0.29, 0.717) is 22.7 Å². The van der Waals surface area contributed by atoms with Gasteiger partial charge in [-0.1, -0.05) is 133 Å². The number of H-pyrrole nitrogens is 1. The van der Waals surface area contributed by atoms with Crippen molar-refractivity contribution in [1.29, 1.82) is 0 Å². The molecular weight excluding hydrogens is 680 g/mol. The maximum atomic E-state index is 15.6. The van der Waals surface area contributed by atoms with Gasteiger partial charge in [-0.25, -0.2) is 15.0 Å².